The Bertz CT molecular complexity index is 542. The van der Waals surface area contributed by atoms with Crippen LogP contribution in [0.1, 0.15) is 24.8 Å². The fraction of sp³-hybridized carbons (Fsp3) is 0.706. The standard InChI is InChI=1S/C17H24N2OS3.ClH/c20-16(14-12-22-7-8-23-14)19(10-13-1-6-21-11-13)15-9-17(15)2-4-18-5-3-17;/h1,6,11,14-15,18H,2-5,7-10,12H2;1H. The Morgan fingerprint density at radius 2 is 2.17 bits per heavy atom. The Labute approximate surface area is 163 Å². The third kappa shape index (κ3) is 3.93. The van der Waals surface area contributed by atoms with E-state index in [0.29, 0.717) is 17.4 Å². The molecule has 0 bridgehead atoms. The largest absolute Gasteiger partial charge is 0.334 e. The number of thiophene rings is 1. The Morgan fingerprint density at radius 1 is 1.33 bits per heavy atom. The maximum Gasteiger partial charge on any atom is 0.237 e. The maximum atomic E-state index is 13.2. The number of rotatable bonds is 4. The average molecular weight is 405 g/mol. The van der Waals surface area contributed by atoms with Crippen molar-refractivity contribution < 1.29 is 4.79 Å². The van der Waals surface area contributed by atoms with Gasteiger partial charge in [0.05, 0.1) is 5.25 Å². The second-order valence-corrected chi connectivity index (χ2v) is 10.1. The molecule has 1 N–H and O–H groups in total. The third-order valence-corrected chi connectivity index (χ3v) is 8.90. The monoisotopic (exact) mass is 404 g/mol. The van der Waals surface area contributed by atoms with Crippen LogP contribution in [0.2, 0.25) is 0 Å². The summed E-state index contributed by atoms with van der Waals surface area (Å²) in [7, 11) is 0. The van der Waals surface area contributed by atoms with Gasteiger partial charge < -0.3 is 10.2 Å². The number of hydrogen-bond acceptors (Lipinski definition) is 5. The summed E-state index contributed by atoms with van der Waals surface area (Å²) in [4.78, 5) is 15.5. The molecule has 7 heteroatoms. The zero-order chi connectivity index (χ0) is 15.7. The van der Waals surface area contributed by atoms with E-state index in [9.17, 15) is 4.79 Å². The zero-order valence-corrected chi connectivity index (χ0v) is 17.0. The zero-order valence-electron chi connectivity index (χ0n) is 13.7. The lowest BCUT2D eigenvalue weighted by atomic mass is 9.93. The first-order valence-electron chi connectivity index (χ1n) is 8.50. The molecule has 1 spiro atoms. The van der Waals surface area contributed by atoms with E-state index < -0.39 is 0 Å². The molecule has 2 unspecified atom stereocenters. The minimum Gasteiger partial charge on any atom is -0.334 e. The molecule has 2 aliphatic heterocycles. The first-order valence-corrected chi connectivity index (χ1v) is 11.6. The SMILES string of the molecule is Cl.O=C(C1CSCCS1)N(Cc1ccsc1)C1CC12CCNCC2. The van der Waals surface area contributed by atoms with Crippen LogP contribution in [0.4, 0.5) is 0 Å². The van der Waals surface area contributed by atoms with Gasteiger partial charge in [-0.1, -0.05) is 0 Å². The van der Waals surface area contributed by atoms with Gasteiger partial charge in [0, 0.05) is 29.8 Å². The van der Waals surface area contributed by atoms with E-state index in [1.807, 2.05) is 23.5 Å². The van der Waals surface area contributed by atoms with E-state index in [2.05, 4.69) is 27.0 Å². The van der Waals surface area contributed by atoms with Crippen molar-refractivity contribution >= 4 is 53.2 Å². The quantitative estimate of drug-likeness (QED) is 0.832. The molecule has 1 saturated carbocycles. The number of amides is 1. The molecular formula is C17H25ClN2OS3. The summed E-state index contributed by atoms with van der Waals surface area (Å²) < 4.78 is 0. The molecule has 134 valence electrons. The molecule has 1 aliphatic carbocycles. The highest BCUT2D eigenvalue weighted by atomic mass is 35.5. The third-order valence-electron chi connectivity index (χ3n) is 5.43. The molecule has 3 aliphatic rings. The Balaban J connectivity index is 0.00000169. The van der Waals surface area contributed by atoms with Crippen LogP contribution in [0.5, 0.6) is 0 Å². The molecule has 1 amide bonds. The number of thioether (sulfide) groups is 2. The lowest BCUT2D eigenvalue weighted by Gasteiger charge is -2.32. The fourth-order valence-corrected chi connectivity index (χ4v) is 7.24. The van der Waals surface area contributed by atoms with Crippen molar-refractivity contribution in [3.05, 3.63) is 22.4 Å². The van der Waals surface area contributed by atoms with Gasteiger partial charge in [0.2, 0.25) is 5.91 Å². The lowest BCUT2D eigenvalue weighted by molar-refractivity contribution is -0.132. The molecule has 1 aromatic rings. The molecule has 0 aromatic carbocycles. The van der Waals surface area contributed by atoms with Crippen LogP contribution >= 0.6 is 47.3 Å². The molecule has 3 heterocycles. The summed E-state index contributed by atoms with van der Waals surface area (Å²) >= 11 is 5.54. The number of carbonyl (C=O) groups excluding carboxylic acids is 1. The van der Waals surface area contributed by atoms with Gasteiger partial charge in [0.25, 0.3) is 0 Å². The molecular weight excluding hydrogens is 380 g/mol. The van der Waals surface area contributed by atoms with Gasteiger partial charge in [-0.05, 0) is 60.2 Å². The second kappa shape index (κ2) is 8.21. The highest BCUT2D eigenvalue weighted by molar-refractivity contribution is 8.07. The van der Waals surface area contributed by atoms with Crippen molar-refractivity contribution in [3.8, 4) is 0 Å². The van der Waals surface area contributed by atoms with E-state index >= 15 is 0 Å². The molecule has 2 atom stereocenters. The first kappa shape index (κ1) is 18.9. The Hall–Kier alpha value is 0.120. The van der Waals surface area contributed by atoms with Gasteiger partial charge >= 0.3 is 0 Å². The Morgan fingerprint density at radius 3 is 2.83 bits per heavy atom. The van der Waals surface area contributed by atoms with E-state index in [-0.39, 0.29) is 17.7 Å². The van der Waals surface area contributed by atoms with Crippen molar-refractivity contribution in [3.63, 3.8) is 0 Å². The Kier molecular flexibility index (Phi) is 6.46. The second-order valence-electron chi connectivity index (χ2n) is 6.86. The molecule has 24 heavy (non-hydrogen) atoms. The lowest BCUT2D eigenvalue weighted by Crippen LogP contribution is -2.44. The number of nitrogens with one attached hydrogen (secondary N) is 1. The van der Waals surface area contributed by atoms with Crippen LogP contribution in [0, 0.1) is 5.41 Å². The number of halogens is 1. The smallest absolute Gasteiger partial charge is 0.237 e. The number of piperidine rings is 1. The number of hydrogen-bond donors (Lipinski definition) is 1. The van der Waals surface area contributed by atoms with E-state index in [4.69, 9.17) is 0 Å². The van der Waals surface area contributed by atoms with Crippen molar-refractivity contribution in [2.45, 2.75) is 37.1 Å². The summed E-state index contributed by atoms with van der Waals surface area (Å²) in [5.41, 5.74) is 1.72. The van der Waals surface area contributed by atoms with E-state index in [1.54, 1.807) is 11.3 Å². The molecule has 0 radical (unpaired) electrons. The summed E-state index contributed by atoms with van der Waals surface area (Å²) in [6.07, 6.45) is 3.68. The molecule has 3 nitrogen and oxygen atoms in total. The number of nitrogens with zero attached hydrogens (tertiary/aromatic N) is 1. The van der Waals surface area contributed by atoms with Crippen LogP contribution in [-0.2, 0) is 11.3 Å². The first-order chi connectivity index (χ1) is 11.3. The van der Waals surface area contributed by atoms with Crippen LogP contribution in [-0.4, -0.2) is 52.4 Å². The van der Waals surface area contributed by atoms with Crippen LogP contribution < -0.4 is 5.32 Å². The van der Waals surface area contributed by atoms with Crippen LogP contribution in [0.3, 0.4) is 0 Å². The van der Waals surface area contributed by atoms with E-state index in [1.165, 1.54) is 30.6 Å². The van der Waals surface area contributed by atoms with Crippen molar-refractivity contribution in [1.29, 1.82) is 0 Å². The fourth-order valence-electron chi connectivity index (χ4n) is 3.97. The average Bonchev–Trinajstić information content (AvgIpc) is 3.04. The predicted molar refractivity (Wildman–Crippen MR) is 109 cm³/mol. The number of carbonyl (C=O) groups is 1. The van der Waals surface area contributed by atoms with Gasteiger partial charge in [-0.25, -0.2) is 0 Å². The van der Waals surface area contributed by atoms with Gasteiger partial charge in [-0.15, -0.1) is 24.2 Å². The van der Waals surface area contributed by atoms with Crippen molar-refractivity contribution in [2.75, 3.05) is 30.3 Å². The van der Waals surface area contributed by atoms with Gasteiger partial charge in [0.15, 0.2) is 0 Å². The van der Waals surface area contributed by atoms with Gasteiger partial charge in [-0.2, -0.15) is 23.1 Å². The van der Waals surface area contributed by atoms with Crippen molar-refractivity contribution in [2.24, 2.45) is 5.41 Å². The predicted octanol–water partition coefficient (Wildman–Crippen LogP) is 3.49. The highest BCUT2D eigenvalue weighted by Crippen LogP contribution is 2.56. The maximum absolute atomic E-state index is 13.2. The molecule has 3 fully saturated rings. The summed E-state index contributed by atoms with van der Waals surface area (Å²) in [6, 6.07) is 2.65. The van der Waals surface area contributed by atoms with Crippen LogP contribution in [0.25, 0.3) is 0 Å². The minimum atomic E-state index is 0. The summed E-state index contributed by atoms with van der Waals surface area (Å²) in [6.45, 7) is 3.04. The van der Waals surface area contributed by atoms with Gasteiger partial charge in [-0.3, -0.25) is 4.79 Å². The van der Waals surface area contributed by atoms with Crippen LogP contribution in [0.15, 0.2) is 16.8 Å². The van der Waals surface area contributed by atoms with Gasteiger partial charge in [0.1, 0.15) is 0 Å². The molecule has 4 rings (SSSR count). The topological polar surface area (TPSA) is 32.3 Å². The molecule has 1 aromatic heterocycles. The molecule has 2 saturated heterocycles. The van der Waals surface area contributed by atoms with Crippen molar-refractivity contribution in [1.82, 2.24) is 10.2 Å². The summed E-state index contributed by atoms with van der Waals surface area (Å²) in [5, 5.41) is 7.96. The minimum absolute atomic E-state index is 0. The summed E-state index contributed by atoms with van der Waals surface area (Å²) in [5.74, 6) is 3.70. The normalized spacial score (nSPS) is 28.2. The highest BCUT2D eigenvalue weighted by Gasteiger charge is 2.58. The van der Waals surface area contributed by atoms with E-state index in [0.717, 1.165) is 31.1 Å².